The van der Waals surface area contributed by atoms with Gasteiger partial charge in [0.2, 0.25) is 0 Å². The van der Waals surface area contributed by atoms with E-state index in [2.05, 4.69) is 48.8 Å². The predicted molar refractivity (Wildman–Crippen MR) is 84.6 cm³/mol. The van der Waals surface area contributed by atoms with Crippen molar-refractivity contribution in [3.05, 3.63) is 50.9 Å². The van der Waals surface area contributed by atoms with E-state index in [1.54, 1.807) is 0 Å². The summed E-state index contributed by atoms with van der Waals surface area (Å²) in [5.74, 6) is 0.601. The van der Waals surface area contributed by atoms with Crippen molar-refractivity contribution in [1.82, 2.24) is 9.97 Å². The van der Waals surface area contributed by atoms with E-state index in [1.807, 2.05) is 30.3 Å². The summed E-state index contributed by atoms with van der Waals surface area (Å²) >= 11 is 6.91. The lowest BCUT2D eigenvalue weighted by molar-refractivity contribution is 0.761. The number of H-pyrrole nitrogens is 1. The Morgan fingerprint density at radius 3 is 2.63 bits per heavy atom. The summed E-state index contributed by atoms with van der Waals surface area (Å²) in [6.45, 7) is 2.10. The van der Waals surface area contributed by atoms with E-state index in [0.29, 0.717) is 10.3 Å². The Hall–Kier alpha value is -0.940. The maximum atomic E-state index is 12.0. The van der Waals surface area contributed by atoms with Gasteiger partial charge >= 0.3 is 0 Å². The largest absolute Gasteiger partial charge is 0.306 e. The SMILES string of the molecule is CCCC(Br)c1nc(-c2ccccc2)[nH]c(=O)c1Br. The number of nitrogens with one attached hydrogen (secondary N) is 1. The number of benzene rings is 1. The van der Waals surface area contributed by atoms with Gasteiger partial charge < -0.3 is 4.98 Å². The van der Waals surface area contributed by atoms with Crippen molar-refractivity contribution in [2.24, 2.45) is 0 Å². The molecule has 0 amide bonds. The van der Waals surface area contributed by atoms with E-state index >= 15 is 0 Å². The fourth-order valence-corrected chi connectivity index (χ4v) is 3.37. The molecule has 0 fully saturated rings. The van der Waals surface area contributed by atoms with Gasteiger partial charge in [-0.1, -0.05) is 59.6 Å². The maximum Gasteiger partial charge on any atom is 0.265 e. The fraction of sp³-hybridized carbons (Fsp3) is 0.286. The van der Waals surface area contributed by atoms with Crippen LogP contribution in [-0.4, -0.2) is 9.97 Å². The van der Waals surface area contributed by atoms with Crippen molar-refractivity contribution in [1.29, 1.82) is 0 Å². The molecule has 2 rings (SSSR count). The highest BCUT2D eigenvalue weighted by Crippen LogP contribution is 2.30. The van der Waals surface area contributed by atoms with E-state index in [4.69, 9.17) is 0 Å². The summed E-state index contributed by atoms with van der Waals surface area (Å²) in [7, 11) is 0. The number of hydrogen-bond acceptors (Lipinski definition) is 2. The summed E-state index contributed by atoms with van der Waals surface area (Å²) in [6, 6.07) is 9.65. The van der Waals surface area contributed by atoms with E-state index < -0.39 is 0 Å². The molecule has 19 heavy (non-hydrogen) atoms. The third-order valence-corrected chi connectivity index (χ3v) is 4.43. The zero-order valence-electron chi connectivity index (χ0n) is 10.5. The first-order valence-corrected chi connectivity index (χ1v) is 7.83. The van der Waals surface area contributed by atoms with Crippen LogP contribution >= 0.6 is 31.9 Å². The molecule has 0 aliphatic rings. The van der Waals surface area contributed by atoms with E-state index in [1.165, 1.54) is 0 Å². The molecule has 0 spiro atoms. The van der Waals surface area contributed by atoms with E-state index in [0.717, 1.165) is 24.1 Å². The quantitative estimate of drug-likeness (QED) is 0.791. The lowest BCUT2D eigenvalue weighted by atomic mass is 10.1. The minimum atomic E-state index is -0.149. The highest BCUT2D eigenvalue weighted by atomic mass is 79.9. The number of aromatic amines is 1. The molecule has 1 aromatic carbocycles. The van der Waals surface area contributed by atoms with Crippen molar-refractivity contribution in [2.45, 2.75) is 24.6 Å². The molecule has 100 valence electrons. The molecule has 0 aliphatic heterocycles. The third-order valence-electron chi connectivity index (χ3n) is 2.77. The molecule has 3 nitrogen and oxygen atoms in total. The molecule has 0 bridgehead atoms. The number of hydrogen-bond donors (Lipinski definition) is 1. The van der Waals surface area contributed by atoms with Crippen molar-refractivity contribution in [3.63, 3.8) is 0 Å². The molecule has 1 N–H and O–H groups in total. The van der Waals surface area contributed by atoms with Gasteiger partial charge in [-0.2, -0.15) is 0 Å². The Kier molecular flexibility index (Phi) is 4.93. The molecule has 5 heteroatoms. The summed E-state index contributed by atoms with van der Waals surface area (Å²) in [5.41, 5.74) is 1.51. The van der Waals surface area contributed by atoms with Crippen LogP contribution in [0.1, 0.15) is 30.3 Å². The maximum absolute atomic E-state index is 12.0. The molecule has 0 saturated carbocycles. The molecule has 1 atom stereocenters. The van der Waals surface area contributed by atoms with Crippen LogP contribution in [-0.2, 0) is 0 Å². The van der Waals surface area contributed by atoms with Gasteiger partial charge in [-0.25, -0.2) is 4.98 Å². The Bertz CT molecular complexity index is 611. The van der Waals surface area contributed by atoms with Crippen LogP contribution in [0.25, 0.3) is 11.4 Å². The second kappa shape index (κ2) is 6.48. The van der Waals surface area contributed by atoms with Crippen LogP contribution in [0.3, 0.4) is 0 Å². The van der Waals surface area contributed by atoms with Crippen LogP contribution < -0.4 is 5.56 Å². The van der Waals surface area contributed by atoms with Crippen molar-refractivity contribution in [3.8, 4) is 11.4 Å². The van der Waals surface area contributed by atoms with Crippen molar-refractivity contribution < 1.29 is 0 Å². The summed E-state index contributed by atoms with van der Waals surface area (Å²) < 4.78 is 0.502. The lowest BCUT2D eigenvalue weighted by Gasteiger charge is -2.11. The Morgan fingerprint density at radius 1 is 1.32 bits per heavy atom. The lowest BCUT2D eigenvalue weighted by Crippen LogP contribution is -2.14. The average Bonchev–Trinajstić information content (AvgIpc) is 2.43. The van der Waals surface area contributed by atoms with Gasteiger partial charge in [-0.15, -0.1) is 0 Å². The fourth-order valence-electron chi connectivity index (χ4n) is 1.81. The van der Waals surface area contributed by atoms with Crippen molar-refractivity contribution >= 4 is 31.9 Å². The number of rotatable bonds is 4. The van der Waals surface area contributed by atoms with E-state index in [9.17, 15) is 4.79 Å². The topological polar surface area (TPSA) is 45.8 Å². The number of halogens is 2. The molecule has 0 radical (unpaired) electrons. The highest BCUT2D eigenvalue weighted by Gasteiger charge is 2.16. The molecule has 1 heterocycles. The average molecular weight is 386 g/mol. The van der Waals surface area contributed by atoms with Gasteiger partial charge in [-0.05, 0) is 22.4 Å². The van der Waals surface area contributed by atoms with Gasteiger partial charge in [0.05, 0.1) is 10.5 Å². The number of nitrogens with zero attached hydrogens (tertiary/aromatic N) is 1. The first-order chi connectivity index (χ1) is 9.13. The first-order valence-electron chi connectivity index (χ1n) is 6.12. The number of aromatic nitrogens is 2. The van der Waals surface area contributed by atoms with Gasteiger partial charge in [-0.3, -0.25) is 4.79 Å². The predicted octanol–water partition coefficient (Wildman–Crippen LogP) is 4.44. The second-order valence-corrected chi connectivity index (χ2v) is 6.13. The standard InChI is InChI=1S/C14H14Br2N2O/c1-2-6-10(15)12-11(16)14(19)18-13(17-12)9-7-4-3-5-8-9/h3-5,7-8,10H,2,6H2,1H3,(H,17,18,19). The van der Waals surface area contributed by atoms with Gasteiger partial charge in [0, 0.05) is 5.56 Å². The zero-order chi connectivity index (χ0) is 13.8. The molecule has 1 aromatic heterocycles. The minimum absolute atomic E-state index is 0.0802. The van der Waals surface area contributed by atoms with Crippen LogP contribution in [0, 0.1) is 0 Å². The second-order valence-electron chi connectivity index (χ2n) is 4.24. The van der Waals surface area contributed by atoms with Crippen LogP contribution in [0.2, 0.25) is 0 Å². The smallest absolute Gasteiger partial charge is 0.265 e. The minimum Gasteiger partial charge on any atom is -0.306 e. The van der Waals surface area contributed by atoms with Crippen LogP contribution in [0.15, 0.2) is 39.6 Å². The molecule has 0 aliphatic carbocycles. The Balaban J connectivity index is 2.51. The first kappa shape index (κ1) is 14.5. The van der Waals surface area contributed by atoms with Gasteiger partial charge in [0.1, 0.15) is 10.3 Å². The van der Waals surface area contributed by atoms with Crippen LogP contribution in [0.5, 0.6) is 0 Å². The monoisotopic (exact) mass is 384 g/mol. The Labute approximate surface area is 128 Å². The zero-order valence-corrected chi connectivity index (χ0v) is 13.7. The molecule has 0 saturated heterocycles. The summed E-state index contributed by atoms with van der Waals surface area (Å²) in [4.78, 5) is 19.4. The molecular weight excluding hydrogens is 372 g/mol. The van der Waals surface area contributed by atoms with Gasteiger partial charge in [0.15, 0.2) is 0 Å². The number of alkyl halides is 1. The van der Waals surface area contributed by atoms with Crippen molar-refractivity contribution in [2.75, 3.05) is 0 Å². The van der Waals surface area contributed by atoms with Crippen LogP contribution in [0.4, 0.5) is 0 Å². The molecule has 2 aromatic rings. The van der Waals surface area contributed by atoms with E-state index in [-0.39, 0.29) is 10.4 Å². The molecule has 1 unspecified atom stereocenters. The molecular formula is C14H14Br2N2O. The third kappa shape index (κ3) is 3.34. The Morgan fingerprint density at radius 2 is 2.00 bits per heavy atom. The van der Waals surface area contributed by atoms with Gasteiger partial charge in [0.25, 0.3) is 5.56 Å². The summed E-state index contributed by atoms with van der Waals surface area (Å²) in [5, 5.41) is 0. The summed E-state index contributed by atoms with van der Waals surface area (Å²) in [6.07, 6.45) is 1.96. The normalized spacial score (nSPS) is 12.4. The highest BCUT2D eigenvalue weighted by molar-refractivity contribution is 9.11.